The fourth-order valence-electron chi connectivity index (χ4n) is 2.70. The number of furan rings is 1. The number of nitrogens with one attached hydrogen (secondary N) is 1. The monoisotopic (exact) mass is 266 g/mol. The van der Waals surface area contributed by atoms with Crippen molar-refractivity contribution in [3.63, 3.8) is 0 Å². The van der Waals surface area contributed by atoms with Crippen LogP contribution in [0.1, 0.15) is 29.9 Å². The maximum atomic E-state index is 5.89. The van der Waals surface area contributed by atoms with Gasteiger partial charge in [-0.2, -0.15) is 0 Å². The van der Waals surface area contributed by atoms with E-state index in [2.05, 4.69) is 30.3 Å². The Labute approximate surface area is 116 Å². The lowest BCUT2D eigenvalue weighted by Gasteiger charge is -2.26. The molecule has 0 bridgehead atoms. The first-order valence-electron chi connectivity index (χ1n) is 7.18. The number of rotatable bonds is 6. The van der Waals surface area contributed by atoms with Gasteiger partial charge in [0.2, 0.25) is 0 Å². The molecule has 4 nitrogen and oxygen atoms in total. The van der Waals surface area contributed by atoms with E-state index in [-0.39, 0.29) is 0 Å². The molecular formula is C15H26N2O2. The summed E-state index contributed by atoms with van der Waals surface area (Å²) in [5, 5.41) is 3.14. The lowest BCUT2D eigenvalue weighted by Crippen LogP contribution is -2.29. The Morgan fingerprint density at radius 3 is 2.79 bits per heavy atom. The molecule has 4 heteroatoms. The molecule has 0 radical (unpaired) electrons. The van der Waals surface area contributed by atoms with Crippen LogP contribution in [0, 0.1) is 12.8 Å². The number of hydrogen-bond donors (Lipinski definition) is 1. The van der Waals surface area contributed by atoms with Crippen LogP contribution >= 0.6 is 0 Å². The summed E-state index contributed by atoms with van der Waals surface area (Å²) < 4.78 is 11.3. The summed E-state index contributed by atoms with van der Waals surface area (Å²) in [4.78, 5) is 2.36. The highest BCUT2D eigenvalue weighted by Gasteiger charge is 2.17. The number of hydrogen-bond acceptors (Lipinski definition) is 4. The molecule has 1 aromatic rings. The number of ether oxygens (including phenoxy) is 1. The van der Waals surface area contributed by atoms with Crippen LogP contribution in [0.5, 0.6) is 0 Å². The minimum Gasteiger partial charge on any atom is -0.463 e. The van der Waals surface area contributed by atoms with Crippen LogP contribution < -0.4 is 5.32 Å². The predicted octanol–water partition coefficient (Wildman–Crippen LogP) is 2.17. The average molecular weight is 266 g/mol. The second-order valence-electron chi connectivity index (χ2n) is 5.60. The van der Waals surface area contributed by atoms with Gasteiger partial charge in [-0.15, -0.1) is 0 Å². The van der Waals surface area contributed by atoms with E-state index < -0.39 is 0 Å². The van der Waals surface area contributed by atoms with Crippen LogP contribution in [-0.4, -0.2) is 38.8 Å². The summed E-state index contributed by atoms with van der Waals surface area (Å²) >= 11 is 0. The van der Waals surface area contributed by atoms with Gasteiger partial charge >= 0.3 is 0 Å². The molecule has 0 aromatic carbocycles. The van der Waals surface area contributed by atoms with E-state index in [0.717, 1.165) is 50.3 Å². The van der Waals surface area contributed by atoms with Crippen LogP contribution in [-0.2, 0) is 17.8 Å². The number of nitrogens with zero attached hydrogens (tertiary/aromatic N) is 1. The second kappa shape index (κ2) is 7.08. The molecule has 108 valence electrons. The molecule has 1 aliphatic heterocycles. The highest BCUT2D eigenvalue weighted by atomic mass is 16.5. The molecule has 1 N–H and O–H groups in total. The molecular weight excluding hydrogens is 240 g/mol. The Balaban J connectivity index is 1.83. The van der Waals surface area contributed by atoms with Crippen molar-refractivity contribution in [2.45, 2.75) is 32.9 Å². The summed E-state index contributed by atoms with van der Waals surface area (Å²) in [6, 6.07) is 2.16. The molecule has 0 spiro atoms. The third kappa shape index (κ3) is 4.34. The van der Waals surface area contributed by atoms with E-state index in [4.69, 9.17) is 9.15 Å². The molecule has 19 heavy (non-hydrogen) atoms. The fraction of sp³-hybridized carbons (Fsp3) is 0.733. The SMILES string of the molecule is CNCc1oc(CN(C)CC2CCOCC2)cc1C. The maximum absolute atomic E-state index is 5.89. The van der Waals surface area contributed by atoms with Gasteiger partial charge in [0, 0.05) is 19.8 Å². The van der Waals surface area contributed by atoms with Crippen LogP contribution in [0.4, 0.5) is 0 Å². The molecule has 1 fully saturated rings. The van der Waals surface area contributed by atoms with Crippen molar-refractivity contribution >= 4 is 0 Å². The van der Waals surface area contributed by atoms with Crippen LogP contribution in [0.15, 0.2) is 10.5 Å². The van der Waals surface area contributed by atoms with Crippen molar-refractivity contribution in [3.05, 3.63) is 23.2 Å². The molecule has 2 heterocycles. The molecule has 2 rings (SSSR count). The lowest BCUT2D eigenvalue weighted by atomic mass is 10.00. The van der Waals surface area contributed by atoms with E-state index in [0.29, 0.717) is 0 Å². The quantitative estimate of drug-likeness (QED) is 0.856. The molecule has 0 saturated carbocycles. The Morgan fingerprint density at radius 2 is 2.11 bits per heavy atom. The summed E-state index contributed by atoms with van der Waals surface area (Å²) in [7, 11) is 4.12. The zero-order chi connectivity index (χ0) is 13.7. The van der Waals surface area contributed by atoms with Crippen molar-refractivity contribution in [2.24, 2.45) is 5.92 Å². The summed E-state index contributed by atoms with van der Waals surface area (Å²) in [5.41, 5.74) is 1.24. The Kier molecular flexibility index (Phi) is 5.43. The van der Waals surface area contributed by atoms with Crippen LogP contribution in [0.3, 0.4) is 0 Å². The first kappa shape index (κ1) is 14.6. The van der Waals surface area contributed by atoms with Gasteiger partial charge in [-0.05, 0) is 51.4 Å². The first-order valence-corrected chi connectivity index (χ1v) is 7.18. The van der Waals surface area contributed by atoms with Crippen LogP contribution in [0.2, 0.25) is 0 Å². The second-order valence-corrected chi connectivity index (χ2v) is 5.60. The molecule has 0 aliphatic carbocycles. The standard InChI is InChI=1S/C15H26N2O2/c1-12-8-14(19-15(12)9-16-2)11-17(3)10-13-4-6-18-7-5-13/h8,13,16H,4-7,9-11H2,1-3H3. The van der Waals surface area contributed by atoms with Gasteiger partial charge < -0.3 is 14.5 Å². The zero-order valence-electron chi connectivity index (χ0n) is 12.4. The fourth-order valence-corrected chi connectivity index (χ4v) is 2.70. The smallest absolute Gasteiger partial charge is 0.120 e. The average Bonchev–Trinajstić information content (AvgIpc) is 2.71. The maximum Gasteiger partial charge on any atom is 0.120 e. The van der Waals surface area contributed by atoms with E-state index in [1.165, 1.54) is 18.4 Å². The van der Waals surface area contributed by atoms with Gasteiger partial charge in [0.25, 0.3) is 0 Å². The van der Waals surface area contributed by atoms with E-state index in [9.17, 15) is 0 Å². The summed E-state index contributed by atoms with van der Waals surface area (Å²) in [6.45, 7) is 6.77. The van der Waals surface area contributed by atoms with Gasteiger partial charge in [0.1, 0.15) is 11.5 Å². The minimum absolute atomic E-state index is 0.770. The molecule has 1 aromatic heterocycles. The molecule has 1 saturated heterocycles. The van der Waals surface area contributed by atoms with E-state index in [1.54, 1.807) is 0 Å². The van der Waals surface area contributed by atoms with Gasteiger partial charge in [0.15, 0.2) is 0 Å². The highest BCUT2D eigenvalue weighted by molar-refractivity contribution is 5.19. The van der Waals surface area contributed by atoms with E-state index in [1.807, 2.05) is 7.05 Å². The predicted molar refractivity (Wildman–Crippen MR) is 76.1 cm³/mol. The minimum atomic E-state index is 0.770. The van der Waals surface area contributed by atoms with Gasteiger partial charge in [0.05, 0.1) is 13.1 Å². The lowest BCUT2D eigenvalue weighted by molar-refractivity contribution is 0.0542. The van der Waals surface area contributed by atoms with Gasteiger partial charge in [-0.3, -0.25) is 4.90 Å². The highest BCUT2D eigenvalue weighted by Crippen LogP contribution is 2.19. The van der Waals surface area contributed by atoms with Gasteiger partial charge in [-0.1, -0.05) is 0 Å². The van der Waals surface area contributed by atoms with Crippen LogP contribution in [0.25, 0.3) is 0 Å². The third-order valence-electron chi connectivity index (χ3n) is 3.75. The van der Waals surface area contributed by atoms with E-state index >= 15 is 0 Å². The Morgan fingerprint density at radius 1 is 1.37 bits per heavy atom. The van der Waals surface area contributed by atoms with Crippen molar-refractivity contribution < 1.29 is 9.15 Å². The molecule has 0 unspecified atom stereocenters. The topological polar surface area (TPSA) is 37.6 Å². The first-order chi connectivity index (χ1) is 9.19. The van der Waals surface area contributed by atoms with Crippen molar-refractivity contribution in [2.75, 3.05) is 33.9 Å². The third-order valence-corrected chi connectivity index (χ3v) is 3.75. The largest absolute Gasteiger partial charge is 0.463 e. The molecule has 0 amide bonds. The van der Waals surface area contributed by atoms with Crippen molar-refractivity contribution in [3.8, 4) is 0 Å². The van der Waals surface area contributed by atoms with Crippen molar-refractivity contribution in [1.29, 1.82) is 0 Å². The molecule has 0 atom stereocenters. The Bertz CT molecular complexity index is 383. The summed E-state index contributed by atoms with van der Waals surface area (Å²) in [6.07, 6.45) is 2.37. The normalized spacial score (nSPS) is 17.3. The zero-order valence-corrected chi connectivity index (χ0v) is 12.4. The molecule has 1 aliphatic rings. The summed E-state index contributed by atoms with van der Waals surface area (Å²) in [5.74, 6) is 2.89. The van der Waals surface area contributed by atoms with Crippen molar-refractivity contribution in [1.82, 2.24) is 10.2 Å². The van der Waals surface area contributed by atoms with Gasteiger partial charge in [-0.25, -0.2) is 0 Å². The Hall–Kier alpha value is -0.840. The number of aryl methyl sites for hydroxylation is 1.